The van der Waals surface area contributed by atoms with E-state index in [1.54, 1.807) is 24.3 Å². The first kappa shape index (κ1) is 14.3. The molecule has 108 valence electrons. The van der Waals surface area contributed by atoms with Crippen LogP contribution in [0.4, 0.5) is 5.69 Å². The lowest BCUT2D eigenvalue weighted by Crippen LogP contribution is -2.48. The van der Waals surface area contributed by atoms with Crippen LogP contribution in [0.15, 0.2) is 24.3 Å². The maximum Gasteiger partial charge on any atom is 0.253 e. The molecule has 0 saturated carbocycles. The van der Waals surface area contributed by atoms with Crippen molar-refractivity contribution in [2.75, 3.05) is 25.4 Å². The molecule has 0 atom stereocenters. The van der Waals surface area contributed by atoms with E-state index in [0.29, 0.717) is 11.3 Å². The van der Waals surface area contributed by atoms with Crippen molar-refractivity contribution in [3.63, 3.8) is 0 Å². The number of amides is 2. The highest BCUT2D eigenvalue weighted by Crippen LogP contribution is 2.06. The van der Waals surface area contributed by atoms with Gasteiger partial charge in [0.05, 0.1) is 6.54 Å². The molecule has 0 radical (unpaired) electrons. The molecule has 4 N–H and O–H groups in total. The summed E-state index contributed by atoms with van der Waals surface area (Å²) in [5.41, 5.74) is 9.44. The van der Waals surface area contributed by atoms with Crippen LogP contribution in [0, 0.1) is 0 Å². The lowest BCUT2D eigenvalue weighted by Gasteiger charge is -2.26. The molecule has 1 aliphatic heterocycles. The first-order chi connectivity index (χ1) is 9.65. The van der Waals surface area contributed by atoms with Gasteiger partial charge in [-0.25, -0.2) is 5.01 Å². The van der Waals surface area contributed by atoms with Crippen LogP contribution >= 0.6 is 0 Å². The fourth-order valence-electron chi connectivity index (χ4n) is 2.12. The second-order valence-corrected chi connectivity index (χ2v) is 4.89. The molecule has 1 aliphatic rings. The number of nitrogen functional groups attached to an aromatic ring is 1. The molecule has 1 heterocycles. The van der Waals surface area contributed by atoms with Crippen molar-refractivity contribution in [3.8, 4) is 0 Å². The number of nitrogens with zero attached hydrogens (tertiary/aromatic N) is 1. The van der Waals surface area contributed by atoms with E-state index in [0.717, 1.165) is 25.9 Å². The van der Waals surface area contributed by atoms with Crippen LogP contribution in [0.2, 0.25) is 0 Å². The molecule has 1 aromatic carbocycles. The number of hydrogen-bond acceptors (Lipinski definition) is 4. The van der Waals surface area contributed by atoms with Crippen LogP contribution in [-0.4, -0.2) is 36.5 Å². The summed E-state index contributed by atoms with van der Waals surface area (Å²) in [7, 11) is 0. The molecule has 1 aromatic rings. The monoisotopic (exact) mass is 276 g/mol. The number of hydrazine groups is 1. The van der Waals surface area contributed by atoms with E-state index in [4.69, 9.17) is 5.73 Å². The number of carbonyl (C=O) groups is 2. The number of anilines is 1. The van der Waals surface area contributed by atoms with Gasteiger partial charge in [-0.15, -0.1) is 0 Å². The number of benzene rings is 1. The Labute approximate surface area is 118 Å². The van der Waals surface area contributed by atoms with E-state index in [9.17, 15) is 9.59 Å². The molecule has 20 heavy (non-hydrogen) atoms. The predicted molar refractivity (Wildman–Crippen MR) is 76.8 cm³/mol. The minimum Gasteiger partial charge on any atom is -0.399 e. The fourth-order valence-corrected chi connectivity index (χ4v) is 2.12. The van der Waals surface area contributed by atoms with Gasteiger partial charge in [-0.3, -0.25) is 15.0 Å². The highest BCUT2D eigenvalue weighted by atomic mass is 16.2. The number of carbonyl (C=O) groups excluding carboxylic acids is 2. The molecule has 0 spiro atoms. The Morgan fingerprint density at radius 2 is 1.75 bits per heavy atom. The maximum atomic E-state index is 11.8. The van der Waals surface area contributed by atoms with Gasteiger partial charge in [0.2, 0.25) is 0 Å². The predicted octanol–water partition coefficient (Wildman–Crippen LogP) is 0.516. The lowest BCUT2D eigenvalue weighted by molar-refractivity contribution is -0.125. The van der Waals surface area contributed by atoms with Crippen molar-refractivity contribution in [2.45, 2.75) is 19.3 Å². The Hall–Kier alpha value is -2.08. The molecule has 2 amide bonds. The summed E-state index contributed by atoms with van der Waals surface area (Å²) >= 11 is 0. The third-order valence-corrected chi connectivity index (χ3v) is 3.22. The zero-order valence-corrected chi connectivity index (χ0v) is 11.4. The Morgan fingerprint density at radius 1 is 1.10 bits per heavy atom. The average Bonchev–Trinajstić information content (AvgIpc) is 2.46. The van der Waals surface area contributed by atoms with Crippen LogP contribution in [0.1, 0.15) is 29.6 Å². The van der Waals surface area contributed by atoms with E-state index < -0.39 is 0 Å². The summed E-state index contributed by atoms with van der Waals surface area (Å²) in [6, 6.07) is 6.58. The highest BCUT2D eigenvalue weighted by molar-refractivity contribution is 5.96. The molecule has 1 saturated heterocycles. The largest absolute Gasteiger partial charge is 0.399 e. The standard InChI is InChI=1S/C14H20N4O2/c15-12-6-4-11(5-7-12)14(20)16-10-13(19)17-18-8-2-1-3-9-18/h4-7H,1-3,8-10,15H2,(H,16,20)(H,17,19). The van der Waals surface area contributed by atoms with Crippen LogP contribution in [-0.2, 0) is 4.79 Å². The number of rotatable bonds is 4. The molecule has 0 aromatic heterocycles. The van der Waals surface area contributed by atoms with Crippen LogP contribution in [0.3, 0.4) is 0 Å². The van der Waals surface area contributed by atoms with Crippen molar-refractivity contribution in [1.29, 1.82) is 0 Å². The molecule has 0 bridgehead atoms. The van der Waals surface area contributed by atoms with Gasteiger partial charge >= 0.3 is 0 Å². The van der Waals surface area contributed by atoms with E-state index in [1.807, 2.05) is 5.01 Å². The van der Waals surface area contributed by atoms with Crippen molar-refractivity contribution in [3.05, 3.63) is 29.8 Å². The SMILES string of the molecule is Nc1ccc(C(=O)NCC(=O)NN2CCCCC2)cc1. The normalized spacial score (nSPS) is 15.6. The number of nitrogens with one attached hydrogen (secondary N) is 2. The summed E-state index contributed by atoms with van der Waals surface area (Å²) in [5.74, 6) is -0.477. The number of piperidine rings is 1. The van der Waals surface area contributed by atoms with E-state index in [-0.39, 0.29) is 18.4 Å². The first-order valence-electron chi connectivity index (χ1n) is 6.83. The van der Waals surface area contributed by atoms with Crippen molar-refractivity contribution in [1.82, 2.24) is 15.8 Å². The van der Waals surface area contributed by atoms with E-state index >= 15 is 0 Å². The fraction of sp³-hybridized carbons (Fsp3) is 0.429. The minimum absolute atomic E-state index is 0.0281. The van der Waals surface area contributed by atoms with Gasteiger partial charge in [0.25, 0.3) is 11.8 Å². The van der Waals surface area contributed by atoms with Gasteiger partial charge in [-0.1, -0.05) is 6.42 Å². The van der Waals surface area contributed by atoms with Crippen molar-refractivity contribution >= 4 is 17.5 Å². The van der Waals surface area contributed by atoms with E-state index in [1.165, 1.54) is 6.42 Å². The van der Waals surface area contributed by atoms with Gasteiger partial charge in [0.1, 0.15) is 0 Å². The van der Waals surface area contributed by atoms with Gasteiger partial charge in [-0.2, -0.15) is 0 Å². The lowest BCUT2D eigenvalue weighted by atomic mass is 10.2. The van der Waals surface area contributed by atoms with Gasteiger partial charge < -0.3 is 11.1 Å². The molecule has 2 rings (SSSR count). The Balaban J connectivity index is 1.75. The van der Waals surface area contributed by atoms with Crippen LogP contribution < -0.4 is 16.5 Å². The quantitative estimate of drug-likeness (QED) is 0.699. The number of hydrogen-bond donors (Lipinski definition) is 3. The molecule has 6 nitrogen and oxygen atoms in total. The molecule has 6 heteroatoms. The topological polar surface area (TPSA) is 87.5 Å². The van der Waals surface area contributed by atoms with Crippen LogP contribution in [0.25, 0.3) is 0 Å². The highest BCUT2D eigenvalue weighted by Gasteiger charge is 2.13. The molecule has 1 fully saturated rings. The summed E-state index contributed by atoms with van der Waals surface area (Å²) < 4.78 is 0. The third-order valence-electron chi connectivity index (χ3n) is 3.22. The Morgan fingerprint density at radius 3 is 2.40 bits per heavy atom. The first-order valence-corrected chi connectivity index (χ1v) is 6.83. The van der Waals surface area contributed by atoms with Crippen molar-refractivity contribution in [2.24, 2.45) is 0 Å². The number of nitrogens with two attached hydrogens (primary N) is 1. The summed E-state index contributed by atoms with van der Waals surface area (Å²) in [6.07, 6.45) is 3.40. The Bertz CT molecular complexity index is 467. The van der Waals surface area contributed by atoms with Gasteiger partial charge in [-0.05, 0) is 37.1 Å². The molecule has 0 aliphatic carbocycles. The Kier molecular flexibility index (Phi) is 4.95. The molecular formula is C14H20N4O2. The minimum atomic E-state index is -0.279. The average molecular weight is 276 g/mol. The molecular weight excluding hydrogens is 256 g/mol. The summed E-state index contributed by atoms with van der Waals surface area (Å²) in [6.45, 7) is 1.72. The summed E-state index contributed by atoms with van der Waals surface area (Å²) in [5, 5.41) is 4.49. The second-order valence-electron chi connectivity index (χ2n) is 4.89. The zero-order valence-electron chi connectivity index (χ0n) is 11.4. The van der Waals surface area contributed by atoms with E-state index in [2.05, 4.69) is 10.7 Å². The molecule has 0 unspecified atom stereocenters. The zero-order chi connectivity index (χ0) is 14.4. The van der Waals surface area contributed by atoms with Gasteiger partial charge in [0.15, 0.2) is 0 Å². The smallest absolute Gasteiger partial charge is 0.253 e. The van der Waals surface area contributed by atoms with Crippen molar-refractivity contribution < 1.29 is 9.59 Å². The third kappa shape index (κ3) is 4.24. The van der Waals surface area contributed by atoms with Gasteiger partial charge in [0, 0.05) is 24.3 Å². The summed E-state index contributed by atoms with van der Waals surface area (Å²) in [4.78, 5) is 23.5. The second kappa shape index (κ2) is 6.91. The van der Waals surface area contributed by atoms with Crippen LogP contribution in [0.5, 0.6) is 0 Å². The maximum absolute atomic E-state index is 11.8.